The molecule has 1 amide bonds. The normalized spacial score (nSPS) is 17.0. The molecule has 1 aromatic rings. The van der Waals surface area contributed by atoms with Crippen molar-refractivity contribution in [2.75, 3.05) is 25.0 Å². The summed E-state index contributed by atoms with van der Waals surface area (Å²) in [6.45, 7) is 4.35. The van der Waals surface area contributed by atoms with Crippen LogP contribution in [0.4, 0.5) is 5.69 Å². The molecule has 0 unspecified atom stereocenters. The van der Waals surface area contributed by atoms with E-state index in [2.05, 4.69) is 17.6 Å². The fraction of sp³-hybridized carbons (Fsp3) is 0.588. The average molecular weight is 306 g/mol. The van der Waals surface area contributed by atoms with E-state index in [1.807, 2.05) is 24.3 Å². The first-order chi connectivity index (χ1) is 10.6. The Kier molecular flexibility index (Phi) is 6.21. The molecule has 122 valence electrons. The van der Waals surface area contributed by atoms with Crippen molar-refractivity contribution >= 4 is 11.6 Å². The summed E-state index contributed by atoms with van der Waals surface area (Å²) in [7, 11) is 0. The minimum Gasteiger partial charge on any atom is -0.494 e. The second-order valence-corrected chi connectivity index (χ2v) is 5.93. The highest BCUT2D eigenvalue weighted by molar-refractivity contribution is 5.91. The van der Waals surface area contributed by atoms with E-state index in [1.54, 1.807) is 0 Å². The number of carbonyl (C=O) groups excluding carboxylic acids is 1. The van der Waals surface area contributed by atoms with E-state index in [9.17, 15) is 9.90 Å². The smallest absolute Gasteiger partial charge is 0.227 e. The summed E-state index contributed by atoms with van der Waals surface area (Å²) in [5.74, 6) is 0.660. The maximum Gasteiger partial charge on any atom is 0.227 e. The van der Waals surface area contributed by atoms with Crippen LogP contribution in [0.3, 0.4) is 0 Å². The van der Waals surface area contributed by atoms with Gasteiger partial charge >= 0.3 is 0 Å². The Morgan fingerprint density at radius 3 is 2.64 bits per heavy atom. The van der Waals surface area contributed by atoms with Crippen molar-refractivity contribution in [3.8, 4) is 5.75 Å². The van der Waals surface area contributed by atoms with Crippen LogP contribution in [0.2, 0.25) is 0 Å². The number of nitrogens with one attached hydrogen (secondary N) is 2. The van der Waals surface area contributed by atoms with Crippen molar-refractivity contribution in [3.05, 3.63) is 24.3 Å². The quantitative estimate of drug-likeness (QED) is 0.676. The molecule has 5 heteroatoms. The number of unbranched alkanes of at least 4 members (excludes halogenated alkanes) is 1. The van der Waals surface area contributed by atoms with Crippen LogP contribution < -0.4 is 15.4 Å². The number of hydrogen-bond donors (Lipinski definition) is 3. The molecule has 2 rings (SSSR count). The number of rotatable bonds is 7. The number of piperidine rings is 1. The fourth-order valence-corrected chi connectivity index (χ4v) is 2.54. The third-order valence-electron chi connectivity index (χ3n) is 3.93. The van der Waals surface area contributed by atoms with Gasteiger partial charge in [0.1, 0.15) is 5.75 Å². The Labute approximate surface area is 132 Å². The number of amides is 1. The van der Waals surface area contributed by atoms with Gasteiger partial charge in [0.25, 0.3) is 0 Å². The largest absolute Gasteiger partial charge is 0.494 e. The van der Waals surface area contributed by atoms with Crippen LogP contribution in [-0.2, 0) is 4.79 Å². The summed E-state index contributed by atoms with van der Waals surface area (Å²) in [5, 5.41) is 16.4. The lowest BCUT2D eigenvalue weighted by Crippen LogP contribution is -2.44. The molecule has 1 saturated heterocycles. The molecule has 1 fully saturated rings. The standard InChI is InChI=1S/C17H26N2O3/c1-2-3-12-22-15-6-4-14(5-7-15)19-16(20)13-17(21)8-10-18-11-9-17/h4-7,18,21H,2-3,8-13H2,1H3,(H,19,20). The molecule has 0 saturated carbocycles. The molecule has 0 spiro atoms. The van der Waals surface area contributed by atoms with Gasteiger partial charge in [-0.2, -0.15) is 0 Å². The van der Waals surface area contributed by atoms with Crippen molar-refractivity contribution in [3.63, 3.8) is 0 Å². The van der Waals surface area contributed by atoms with E-state index in [1.165, 1.54) is 0 Å². The Bertz CT molecular complexity index is 467. The van der Waals surface area contributed by atoms with Gasteiger partial charge < -0.3 is 20.5 Å². The Morgan fingerprint density at radius 2 is 2.00 bits per heavy atom. The summed E-state index contributed by atoms with van der Waals surface area (Å²) >= 11 is 0. The van der Waals surface area contributed by atoms with Gasteiger partial charge in [0.05, 0.1) is 18.6 Å². The minimum atomic E-state index is -0.876. The van der Waals surface area contributed by atoms with Crippen molar-refractivity contribution < 1.29 is 14.6 Å². The Balaban J connectivity index is 1.81. The van der Waals surface area contributed by atoms with Crippen LogP contribution in [0.25, 0.3) is 0 Å². The van der Waals surface area contributed by atoms with Gasteiger partial charge in [-0.05, 0) is 56.6 Å². The van der Waals surface area contributed by atoms with E-state index in [0.717, 1.165) is 37.4 Å². The van der Waals surface area contributed by atoms with E-state index < -0.39 is 5.60 Å². The number of benzene rings is 1. The SMILES string of the molecule is CCCCOc1ccc(NC(=O)CC2(O)CCNCC2)cc1. The molecule has 0 radical (unpaired) electrons. The third kappa shape index (κ3) is 5.31. The second-order valence-electron chi connectivity index (χ2n) is 5.93. The number of aliphatic hydroxyl groups is 1. The van der Waals surface area contributed by atoms with Crippen LogP contribution in [0.5, 0.6) is 5.75 Å². The lowest BCUT2D eigenvalue weighted by molar-refractivity contribution is -0.122. The van der Waals surface area contributed by atoms with Crippen LogP contribution in [-0.4, -0.2) is 36.3 Å². The van der Waals surface area contributed by atoms with Gasteiger partial charge in [0.2, 0.25) is 5.91 Å². The van der Waals surface area contributed by atoms with E-state index in [4.69, 9.17) is 4.74 Å². The molecule has 1 aliphatic rings. The first-order valence-corrected chi connectivity index (χ1v) is 8.07. The number of carbonyl (C=O) groups is 1. The average Bonchev–Trinajstić information content (AvgIpc) is 2.49. The molecule has 1 aromatic carbocycles. The van der Waals surface area contributed by atoms with Crippen LogP contribution in [0.15, 0.2) is 24.3 Å². The summed E-state index contributed by atoms with van der Waals surface area (Å²) in [6.07, 6.45) is 3.51. The summed E-state index contributed by atoms with van der Waals surface area (Å²) in [6, 6.07) is 7.35. The third-order valence-corrected chi connectivity index (χ3v) is 3.93. The molecule has 0 atom stereocenters. The van der Waals surface area contributed by atoms with Gasteiger partial charge in [-0.3, -0.25) is 4.79 Å². The highest BCUT2D eigenvalue weighted by atomic mass is 16.5. The molecule has 1 aliphatic heterocycles. The first-order valence-electron chi connectivity index (χ1n) is 8.07. The number of anilines is 1. The first kappa shape index (κ1) is 16.8. The zero-order chi connectivity index (χ0) is 15.8. The zero-order valence-electron chi connectivity index (χ0n) is 13.2. The molecular formula is C17H26N2O3. The summed E-state index contributed by atoms with van der Waals surface area (Å²) in [4.78, 5) is 12.1. The predicted octanol–water partition coefficient (Wildman–Crippen LogP) is 2.31. The molecule has 5 nitrogen and oxygen atoms in total. The van der Waals surface area contributed by atoms with E-state index in [0.29, 0.717) is 19.4 Å². The highest BCUT2D eigenvalue weighted by Gasteiger charge is 2.31. The monoisotopic (exact) mass is 306 g/mol. The van der Waals surface area contributed by atoms with Gasteiger partial charge in [-0.1, -0.05) is 13.3 Å². The number of ether oxygens (including phenoxy) is 1. The zero-order valence-corrected chi connectivity index (χ0v) is 13.2. The maximum absolute atomic E-state index is 12.1. The molecule has 1 heterocycles. The highest BCUT2D eigenvalue weighted by Crippen LogP contribution is 2.23. The molecule has 0 aromatic heterocycles. The lowest BCUT2D eigenvalue weighted by atomic mass is 9.89. The van der Waals surface area contributed by atoms with Gasteiger partial charge in [-0.15, -0.1) is 0 Å². The van der Waals surface area contributed by atoms with Gasteiger partial charge in [-0.25, -0.2) is 0 Å². The molecule has 0 bridgehead atoms. The Morgan fingerprint density at radius 1 is 1.32 bits per heavy atom. The van der Waals surface area contributed by atoms with Crippen molar-refractivity contribution in [1.29, 1.82) is 0 Å². The minimum absolute atomic E-state index is 0.142. The van der Waals surface area contributed by atoms with Crippen molar-refractivity contribution in [2.45, 2.75) is 44.6 Å². The van der Waals surface area contributed by atoms with Crippen molar-refractivity contribution in [1.82, 2.24) is 5.32 Å². The predicted molar refractivity (Wildman–Crippen MR) is 87.1 cm³/mol. The van der Waals surface area contributed by atoms with Crippen LogP contribution in [0, 0.1) is 0 Å². The van der Waals surface area contributed by atoms with Crippen LogP contribution in [0.1, 0.15) is 39.0 Å². The topological polar surface area (TPSA) is 70.6 Å². The van der Waals surface area contributed by atoms with Crippen LogP contribution >= 0.6 is 0 Å². The van der Waals surface area contributed by atoms with Gasteiger partial charge in [0, 0.05) is 5.69 Å². The van der Waals surface area contributed by atoms with Crippen molar-refractivity contribution in [2.24, 2.45) is 0 Å². The van der Waals surface area contributed by atoms with E-state index >= 15 is 0 Å². The number of hydrogen-bond acceptors (Lipinski definition) is 4. The maximum atomic E-state index is 12.1. The fourth-order valence-electron chi connectivity index (χ4n) is 2.54. The molecular weight excluding hydrogens is 280 g/mol. The molecule has 22 heavy (non-hydrogen) atoms. The molecule has 3 N–H and O–H groups in total. The van der Waals surface area contributed by atoms with E-state index in [-0.39, 0.29) is 12.3 Å². The summed E-state index contributed by atoms with van der Waals surface area (Å²) in [5.41, 5.74) is -0.149. The second kappa shape index (κ2) is 8.15. The Hall–Kier alpha value is -1.59. The lowest BCUT2D eigenvalue weighted by Gasteiger charge is -2.31. The summed E-state index contributed by atoms with van der Waals surface area (Å²) < 4.78 is 5.58. The molecule has 0 aliphatic carbocycles. The van der Waals surface area contributed by atoms with Gasteiger partial charge in [0.15, 0.2) is 0 Å².